The van der Waals surface area contributed by atoms with E-state index in [1.165, 1.54) is 45.1 Å². The molecule has 0 aromatic carbocycles. The van der Waals surface area contributed by atoms with Crippen molar-refractivity contribution in [2.45, 2.75) is 77.4 Å². The van der Waals surface area contributed by atoms with Gasteiger partial charge in [0.2, 0.25) is 0 Å². The number of rotatable bonds is 6. The summed E-state index contributed by atoms with van der Waals surface area (Å²) in [5.74, 6) is 1.71. The van der Waals surface area contributed by atoms with Crippen LogP contribution in [0.3, 0.4) is 0 Å². The molecule has 2 rings (SSSR count). The molecule has 2 heteroatoms. The highest BCUT2D eigenvalue weighted by molar-refractivity contribution is 4.87. The highest BCUT2D eigenvalue weighted by Crippen LogP contribution is 2.29. The van der Waals surface area contributed by atoms with E-state index >= 15 is 0 Å². The zero-order valence-electron chi connectivity index (χ0n) is 12.8. The largest absolute Gasteiger partial charge is 0.312 e. The van der Waals surface area contributed by atoms with Crippen LogP contribution in [0.1, 0.15) is 59.3 Å². The van der Waals surface area contributed by atoms with Crippen LogP contribution in [0, 0.1) is 11.8 Å². The summed E-state index contributed by atoms with van der Waals surface area (Å²) in [5.41, 5.74) is 0. The molecule has 2 aliphatic rings. The molecule has 0 spiro atoms. The Morgan fingerprint density at radius 1 is 1.06 bits per heavy atom. The lowest BCUT2D eigenvalue weighted by Gasteiger charge is -2.40. The lowest BCUT2D eigenvalue weighted by atomic mass is 9.85. The van der Waals surface area contributed by atoms with Crippen molar-refractivity contribution in [2.75, 3.05) is 13.6 Å². The van der Waals surface area contributed by atoms with Crippen molar-refractivity contribution < 1.29 is 0 Å². The predicted molar refractivity (Wildman–Crippen MR) is 78.8 cm³/mol. The van der Waals surface area contributed by atoms with E-state index in [1.807, 2.05) is 0 Å². The van der Waals surface area contributed by atoms with Crippen LogP contribution in [0.2, 0.25) is 0 Å². The van der Waals surface area contributed by atoms with Crippen molar-refractivity contribution in [1.82, 2.24) is 10.2 Å². The fraction of sp³-hybridized carbons (Fsp3) is 1.00. The van der Waals surface area contributed by atoms with Crippen LogP contribution in [0.25, 0.3) is 0 Å². The molecule has 0 radical (unpaired) electrons. The molecule has 106 valence electrons. The van der Waals surface area contributed by atoms with Crippen LogP contribution in [-0.4, -0.2) is 36.6 Å². The first-order chi connectivity index (χ1) is 8.58. The smallest absolute Gasteiger partial charge is 0.0243 e. The van der Waals surface area contributed by atoms with Gasteiger partial charge in [0.1, 0.15) is 0 Å². The van der Waals surface area contributed by atoms with E-state index in [1.54, 1.807) is 0 Å². The molecule has 0 aromatic rings. The summed E-state index contributed by atoms with van der Waals surface area (Å²) in [4.78, 5) is 2.69. The Kier molecular flexibility index (Phi) is 5.08. The Bertz CT molecular complexity index is 239. The van der Waals surface area contributed by atoms with Crippen molar-refractivity contribution in [2.24, 2.45) is 11.8 Å². The zero-order valence-corrected chi connectivity index (χ0v) is 12.8. The molecule has 0 bridgehead atoms. The van der Waals surface area contributed by atoms with Gasteiger partial charge in [-0.1, -0.05) is 20.8 Å². The number of hydrogen-bond acceptors (Lipinski definition) is 2. The Morgan fingerprint density at radius 2 is 1.67 bits per heavy atom. The standard InChI is InChI=1S/C16H32N2/c1-12(2)16(11-17-14-7-8-14)18(4)15-9-5-13(3)6-10-15/h12-17H,5-11H2,1-4H3. The van der Waals surface area contributed by atoms with Gasteiger partial charge in [-0.2, -0.15) is 0 Å². The third-order valence-electron chi connectivity index (χ3n) is 5.05. The zero-order chi connectivity index (χ0) is 13.1. The maximum atomic E-state index is 3.73. The average molecular weight is 252 g/mol. The van der Waals surface area contributed by atoms with E-state index in [-0.39, 0.29) is 0 Å². The fourth-order valence-corrected chi connectivity index (χ4v) is 3.35. The number of hydrogen-bond donors (Lipinski definition) is 1. The third-order valence-corrected chi connectivity index (χ3v) is 5.05. The van der Waals surface area contributed by atoms with Gasteiger partial charge in [0.25, 0.3) is 0 Å². The van der Waals surface area contributed by atoms with Crippen molar-refractivity contribution in [3.8, 4) is 0 Å². The molecule has 2 aliphatic carbocycles. The van der Waals surface area contributed by atoms with Gasteiger partial charge in [0, 0.05) is 24.7 Å². The van der Waals surface area contributed by atoms with Gasteiger partial charge < -0.3 is 5.32 Å². The highest BCUT2D eigenvalue weighted by atomic mass is 15.2. The molecular weight excluding hydrogens is 220 g/mol. The molecule has 0 heterocycles. The van der Waals surface area contributed by atoms with Crippen LogP contribution < -0.4 is 5.32 Å². The number of nitrogens with zero attached hydrogens (tertiary/aromatic N) is 1. The third kappa shape index (κ3) is 3.96. The first-order valence-electron chi connectivity index (χ1n) is 8.03. The first-order valence-corrected chi connectivity index (χ1v) is 8.03. The minimum Gasteiger partial charge on any atom is -0.312 e. The maximum Gasteiger partial charge on any atom is 0.0243 e. The number of likely N-dealkylation sites (N-methyl/N-ethyl adjacent to an activating group) is 1. The van der Waals surface area contributed by atoms with Gasteiger partial charge in [-0.3, -0.25) is 4.90 Å². The molecule has 2 fully saturated rings. The van der Waals surface area contributed by atoms with Gasteiger partial charge in [0.15, 0.2) is 0 Å². The van der Waals surface area contributed by atoms with Crippen LogP contribution >= 0.6 is 0 Å². The van der Waals surface area contributed by atoms with Crippen molar-refractivity contribution in [3.05, 3.63) is 0 Å². The number of nitrogens with one attached hydrogen (secondary N) is 1. The lowest BCUT2D eigenvalue weighted by Crippen LogP contribution is -2.49. The van der Waals surface area contributed by atoms with Gasteiger partial charge in [-0.25, -0.2) is 0 Å². The Labute approximate surface area is 114 Å². The Balaban J connectivity index is 1.83. The second-order valence-electron chi connectivity index (χ2n) is 7.07. The molecule has 18 heavy (non-hydrogen) atoms. The molecule has 0 saturated heterocycles. The van der Waals surface area contributed by atoms with E-state index in [4.69, 9.17) is 0 Å². The Hall–Kier alpha value is -0.0800. The van der Waals surface area contributed by atoms with E-state index in [0.717, 1.165) is 23.9 Å². The van der Waals surface area contributed by atoms with Gasteiger partial charge in [-0.05, 0) is 57.4 Å². The highest BCUT2D eigenvalue weighted by Gasteiger charge is 2.29. The second-order valence-corrected chi connectivity index (χ2v) is 7.07. The van der Waals surface area contributed by atoms with Crippen molar-refractivity contribution in [1.29, 1.82) is 0 Å². The molecule has 2 nitrogen and oxygen atoms in total. The van der Waals surface area contributed by atoms with Gasteiger partial charge in [-0.15, -0.1) is 0 Å². The van der Waals surface area contributed by atoms with E-state index in [0.29, 0.717) is 6.04 Å². The van der Waals surface area contributed by atoms with Gasteiger partial charge in [0.05, 0.1) is 0 Å². The fourth-order valence-electron chi connectivity index (χ4n) is 3.35. The summed E-state index contributed by atoms with van der Waals surface area (Å²) in [7, 11) is 2.36. The van der Waals surface area contributed by atoms with E-state index in [9.17, 15) is 0 Å². The molecular formula is C16H32N2. The minimum atomic E-state index is 0.712. The summed E-state index contributed by atoms with van der Waals surface area (Å²) in [6.07, 6.45) is 8.46. The maximum absolute atomic E-state index is 3.73. The van der Waals surface area contributed by atoms with E-state index < -0.39 is 0 Å². The summed E-state index contributed by atoms with van der Waals surface area (Å²) < 4.78 is 0. The second kappa shape index (κ2) is 6.38. The summed E-state index contributed by atoms with van der Waals surface area (Å²) in [6.45, 7) is 8.35. The quantitative estimate of drug-likeness (QED) is 0.780. The van der Waals surface area contributed by atoms with Crippen LogP contribution in [-0.2, 0) is 0 Å². The molecule has 0 aromatic heterocycles. The predicted octanol–water partition coefficient (Wildman–Crippen LogP) is 3.27. The SMILES string of the molecule is CC1CCC(N(C)C(CNC2CC2)C(C)C)CC1. The lowest BCUT2D eigenvalue weighted by molar-refractivity contribution is 0.0960. The van der Waals surface area contributed by atoms with E-state index in [2.05, 4.69) is 38.0 Å². The monoisotopic (exact) mass is 252 g/mol. The molecule has 1 unspecified atom stereocenters. The van der Waals surface area contributed by atoms with Crippen molar-refractivity contribution in [3.63, 3.8) is 0 Å². The van der Waals surface area contributed by atoms with Crippen LogP contribution in [0.5, 0.6) is 0 Å². The normalized spacial score (nSPS) is 31.0. The summed E-state index contributed by atoms with van der Waals surface area (Å²) >= 11 is 0. The van der Waals surface area contributed by atoms with Crippen LogP contribution in [0.4, 0.5) is 0 Å². The molecule has 0 amide bonds. The summed E-state index contributed by atoms with van der Waals surface area (Å²) in [6, 6.07) is 2.38. The molecule has 1 N–H and O–H groups in total. The first kappa shape index (κ1) is 14.3. The molecule has 0 aliphatic heterocycles. The van der Waals surface area contributed by atoms with Crippen molar-refractivity contribution >= 4 is 0 Å². The van der Waals surface area contributed by atoms with Crippen LogP contribution in [0.15, 0.2) is 0 Å². The minimum absolute atomic E-state index is 0.712. The summed E-state index contributed by atoms with van der Waals surface area (Å²) in [5, 5.41) is 3.73. The molecule has 2 saturated carbocycles. The topological polar surface area (TPSA) is 15.3 Å². The average Bonchev–Trinajstić information content (AvgIpc) is 3.13. The van der Waals surface area contributed by atoms with Gasteiger partial charge >= 0.3 is 0 Å². The molecule has 1 atom stereocenters. The Morgan fingerprint density at radius 3 is 2.17 bits per heavy atom.